The second-order valence-corrected chi connectivity index (χ2v) is 3.66. The molecule has 0 spiro atoms. The molecule has 0 saturated heterocycles. The van der Waals surface area contributed by atoms with Gasteiger partial charge in [0, 0.05) is 12.6 Å². The van der Waals surface area contributed by atoms with Crippen LogP contribution in [0.25, 0.3) is 0 Å². The van der Waals surface area contributed by atoms with Crippen LogP contribution in [-0.2, 0) is 0 Å². The molecule has 1 N–H and O–H groups in total. The first-order chi connectivity index (χ1) is 6.79. The highest BCUT2D eigenvalue weighted by molar-refractivity contribution is 4.72. The van der Waals surface area contributed by atoms with Crippen molar-refractivity contribution >= 4 is 0 Å². The van der Waals surface area contributed by atoms with E-state index in [2.05, 4.69) is 25.3 Å². The van der Waals surface area contributed by atoms with Crippen LogP contribution in [0.4, 0.5) is 0 Å². The van der Waals surface area contributed by atoms with Gasteiger partial charge in [-0.25, -0.2) is 0 Å². The minimum absolute atomic E-state index is 0.268. The topological polar surface area (TPSA) is 23.5 Å². The summed E-state index contributed by atoms with van der Waals surface area (Å²) >= 11 is 0. The Hall–Kier alpha value is -0.340. The quantitative estimate of drug-likeness (QED) is 0.455. The molecule has 2 heteroatoms. The van der Waals surface area contributed by atoms with Gasteiger partial charge in [0.1, 0.15) is 0 Å². The van der Waals surface area contributed by atoms with Crippen molar-refractivity contribution in [1.29, 1.82) is 0 Å². The lowest BCUT2D eigenvalue weighted by Gasteiger charge is -2.29. The second-order valence-electron chi connectivity index (χ2n) is 3.66. The van der Waals surface area contributed by atoms with E-state index >= 15 is 0 Å². The number of unbranched alkanes of at least 4 members (excludes halogenated alkanes) is 1. The summed E-state index contributed by atoms with van der Waals surface area (Å²) < 4.78 is 0. The van der Waals surface area contributed by atoms with Crippen LogP contribution < -0.4 is 0 Å². The number of hydrogen-bond donors (Lipinski definition) is 1. The van der Waals surface area contributed by atoms with Crippen LogP contribution in [0, 0.1) is 0 Å². The molecule has 0 aliphatic carbocycles. The molecule has 0 amide bonds. The minimum Gasteiger partial charge on any atom is -0.395 e. The van der Waals surface area contributed by atoms with Crippen LogP contribution in [0.5, 0.6) is 0 Å². The fourth-order valence-corrected chi connectivity index (χ4v) is 1.85. The highest BCUT2D eigenvalue weighted by Gasteiger charge is 2.13. The highest BCUT2D eigenvalue weighted by atomic mass is 16.3. The van der Waals surface area contributed by atoms with Crippen molar-refractivity contribution in [2.45, 2.75) is 45.6 Å². The van der Waals surface area contributed by atoms with Gasteiger partial charge in [-0.1, -0.05) is 19.9 Å². The summed E-state index contributed by atoms with van der Waals surface area (Å²) in [5.41, 5.74) is 0. The Morgan fingerprint density at radius 1 is 1.29 bits per heavy atom. The lowest BCUT2D eigenvalue weighted by molar-refractivity contribution is 0.142. The maximum atomic E-state index is 8.97. The first kappa shape index (κ1) is 13.7. The maximum Gasteiger partial charge on any atom is 0.0558 e. The van der Waals surface area contributed by atoms with Crippen LogP contribution in [-0.4, -0.2) is 35.7 Å². The Balaban J connectivity index is 3.90. The van der Waals surface area contributed by atoms with Gasteiger partial charge in [0.15, 0.2) is 0 Å². The van der Waals surface area contributed by atoms with Crippen LogP contribution in [0.3, 0.4) is 0 Å². The zero-order valence-electron chi connectivity index (χ0n) is 9.71. The van der Waals surface area contributed by atoms with Gasteiger partial charge < -0.3 is 5.11 Å². The molecule has 0 bridgehead atoms. The van der Waals surface area contributed by atoms with Crippen molar-refractivity contribution in [2.24, 2.45) is 0 Å². The number of rotatable bonds is 9. The van der Waals surface area contributed by atoms with Crippen molar-refractivity contribution < 1.29 is 5.11 Å². The van der Waals surface area contributed by atoms with Gasteiger partial charge in [0.05, 0.1) is 6.61 Å². The predicted molar refractivity (Wildman–Crippen MR) is 62.5 cm³/mol. The molecule has 0 unspecified atom stereocenters. The molecule has 2 nitrogen and oxygen atoms in total. The van der Waals surface area contributed by atoms with E-state index in [1.54, 1.807) is 0 Å². The van der Waals surface area contributed by atoms with Crippen LogP contribution in [0.2, 0.25) is 0 Å². The Bertz CT molecular complexity index is 132. The first-order valence-electron chi connectivity index (χ1n) is 5.75. The normalized spacial score (nSPS) is 11.2. The van der Waals surface area contributed by atoms with Crippen LogP contribution in [0.15, 0.2) is 12.7 Å². The molecule has 0 fully saturated rings. The molecule has 0 aromatic rings. The fourth-order valence-electron chi connectivity index (χ4n) is 1.85. The van der Waals surface area contributed by atoms with Gasteiger partial charge in [-0.2, -0.15) is 0 Å². The molecule has 14 heavy (non-hydrogen) atoms. The van der Waals surface area contributed by atoms with E-state index in [9.17, 15) is 0 Å². The van der Waals surface area contributed by atoms with E-state index in [-0.39, 0.29) is 6.61 Å². The Morgan fingerprint density at radius 3 is 2.36 bits per heavy atom. The molecule has 0 saturated carbocycles. The lowest BCUT2D eigenvalue weighted by atomic mass is 10.1. The maximum absolute atomic E-state index is 8.97. The van der Waals surface area contributed by atoms with Gasteiger partial charge in [0.2, 0.25) is 0 Å². The summed E-state index contributed by atoms with van der Waals surface area (Å²) in [5, 5.41) is 8.97. The number of nitrogens with zero attached hydrogens (tertiary/aromatic N) is 1. The zero-order chi connectivity index (χ0) is 10.8. The molecule has 0 aliphatic heterocycles. The SMILES string of the molecule is C=CCCCN(CCO)C(CC)CC. The summed E-state index contributed by atoms with van der Waals surface area (Å²) in [6.07, 6.45) is 6.53. The number of aliphatic hydroxyl groups is 1. The van der Waals surface area contributed by atoms with E-state index in [0.29, 0.717) is 6.04 Å². The van der Waals surface area contributed by atoms with Gasteiger partial charge in [0.25, 0.3) is 0 Å². The van der Waals surface area contributed by atoms with Crippen molar-refractivity contribution in [3.05, 3.63) is 12.7 Å². The summed E-state index contributed by atoms with van der Waals surface area (Å²) in [6, 6.07) is 0.631. The predicted octanol–water partition coefficient (Wildman–Crippen LogP) is 2.44. The zero-order valence-corrected chi connectivity index (χ0v) is 9.71. The fraction of sp³-hybridized carbons (Fsp3) is 0.833. The summed E-state index contributed by atoms with van der Waals surface area (Å²) in [4.78, 5) is 2.39. The summed E-state index contributed by atoms with van der Waals surface area (Å²) in [7, 11) is 0. The molecular weight excluding hydrogens is 174 g/mol. The third-order valence-corrected chi connectivity index (χ3v) is 2.70. The smallest absolute Gasteiger partial charge is 0.0558 e. The molecule has 0 rings (SSSR count). The lowest BCUT2D eigenvalue weighted by Crippen LogP contribution is -2.37. The number of aliphatic hydroxyl groups excluding tert-OH is 1. The molecule has 0 aromatic carbocycles. The summed E-state index contributed by atoms with van der Waals surface area (Å²) in [6.45, 7) is 10.3. The third-order valence-electron chi connectivity index (χ3n) is 2.70. The number of allylic oxidation sites excluding steroid dienone is 1. The highest BCUT2D eigenvalue weighted by Crippen LogP contribution is 2.09. The second kappa shape index (κ2) is 9.22. The molecular formula is C12H25NO. The number of hydrogen-bond acceptors (Lipinski definition) is 2. The van der Waals surface area contributed by atoms with E-state index < -0.39 is 0 Å². The monoisotopic (exact) mass is 199 g/mol. The van der Waals surface area contributed by atoms with E-state index in [4.69, 9.17) is 5.11 Å². The molecule has 0 aromatic heterocycles. The van der Waals surface area contributed by atoms with Gasteiger partial charge >= 0.3 is 0 Å². The molecule has 0 heterocycles. The Labute approximate surface area is 88.6 Å². The van der Waals surface area contributed by atoms with Crippen molar-refractivity contribution in [1.82, 2.24) is 4.90 Å². The van der Waals surface area contributed by atoms with Gasteiger partial charge in [-0.3, -0.25) is 4.90 Å². The Morgan fingerprint density at radius 2 is 1.93 bits per heavy atom. The average molecular weight is 199 g/mol. The van der Waals surface area contributed by atoms with Crippen molar-refractivity contribution in [3.8, 4) is 0 Å². The van der Waals surface area contributed by atoms with Crippen LogP contribution in [0.1, 0.15) is 39.5 Å². The molecule has 0 aliphatic rings. The van der Waals surface area contributed by atoms with Crippen molar-refractivity contribution in [2.75, 3.05) is 19.7 Å². The minimum atomic E-state index is 0.268. The Kier molecular flexibility index (Phi) is 9.00. The van der Waals surface area contributed by atoms with E-state index in [1.165, 1.54) is 12.8 Å². The first-order valence-corrected chi connectivity index (χ1v) is 5.75. The largest absolute Gasteiger partial charge is 0.395 e. The standard InChI is InChI=1S/C12H25NO/c1-4-7-8-9-13(10-11-14)12(5-2)6-3/h4,12,14H,1,5-11H2,2-3H3. The van der Waals surface area contributed by atoms with Crippen molar-refractivity contribution in [3.63, 3.8) is 0 Å². The van der Waals surface area contributed by atoms with Crippen LogP contribution >= 0.6 is 0 Å². The third kappa shape index (κ3) is 5.40. The average Bonchev–Trinajstić information content (AvgIpc) is 2.20. The molecule has 0 atom stereocenters. The molecule has 0 radical (unpaired) electrons. The summed E-state index contributed by atoms with van der Waals surface area (Å²) in [5.74, 6) is 0. The molecule has 84 valence electrons. The van der Waals surface area contributed by atoms with E-state index in [1.807, 2.05) is 6.08 Å². The van der Waals surface area contributed by atoms with Gasteiger partial charge in [-0.15, -0.1) is 6.58 Å². The van der Waals surface area contributed by atoms with Gasteiger partial charge in [-0.05, 0) is 32.2 Å². The van der Waals surface area contributed by atoms with E-state index in [0.717, 1.165) is 25.9 Å².